The van der Waals surface area contributed by atoms with Crippen molar-refractivity contribution in [1.82, 2.24) is 15.0 Å². The minimum absolute atomic E-state index is 0.344. The molecule has 0 bridgehead atoms. The molecule has 2 aliphatic rings. The summed E-state index contributed by atoms with van der Waals surface area (Å²) in [6.07, 6.45) is 3.98. The number of aromatic nitrogens is 1. The molecule has 1 aliphatic carbocycles. The van der Waals surface area contributed by atoms with Crippen molar-refractivity contribution in [3.8, 4) is 0 Å². The average Bonchev–Trinajstić information content (AvgIpc) is 3.16. The lowest BCUT2D eigenvalue weighted by Gasteiger charge is -2.34. The summed E-state index contributed by atoms with van der Waals surface area (Å²) in [5, 5.41) is 3.80. The molecule has 1 saturated heterocycles. The van der Waals surface area contributed by atoms with Crippen molar-refractivity contribution in [2.75, 3.05) is 26.2 Å². The number of amides is 1. The Bertz CT molecular complexity index is 431. The van der Waals surface area contributed by atoms with E-state index in [4.69, 9.17) is 4.52 Å². The molecule has 0 atom stereocenters. The van der Waals surface area contributed by atoms with Gasteiger partial charge in [-0.15, -0.1) is 0 Å². The zero-order chi connectivity index (χ0) is 12.5. The minimum atomic E-state index is 0.344. The van der Waals surface area contributed by atoms with Crippen LogP contribution < -0.4 is 0 Å². The molecule has 2 heterocycles. The van der Waals surface area contributed by atoms with E-state index in [-0.39, 0.29) is 0 Å². The Labute approximate surface area is 107 Å². The fraction of sp³-hybridized carbons (Fsp3) is 0.692. The van der Waals surface area contributed by atoms with Crippen molar-refractivity contribution in [2.45, 2.75) is 26.3 Å². The number of hydrogen-bond acceptors (Lipinski definition) is 4. The molecule has 1 aromatic heterocycles. The summed E-state index contributed by atoms with van der Waals surface area (Å²) in [6.45, 7) is 6.43. The van der Waals surface area contributed by atoms with Crippen molar-refractivity contribution >= 4 is 5.91 Å². The van der Waals surface area contributed by atoms with Gasteiger partial charge in [-0.3, -0.25) is 9.69 Å². The third-order valence-corrected chi connectivity index (χ3v) is 3.85. The topological polar surface area (TPSA) is 49.6 Å². The summed E-state index contributed by atoms with van der Waals surface area (Å²) >= 11 is 0. The second-order valence-corrected chi connectivity index (χ2v) is 5.28. The first kappa shape index (κ1) is 11.7. The number of carbonyl (C=O) groups is 1. The highest BCUT2D eigenvalue weighted by atomic mass is 16.5. The van der Waals surface area contributed by atoms with Gasteiger partial charge < -0.3 is 9.42 Å². The lowest BCUT2D eigenvalue weighted by atomic mass is 10.2. The summed E-state index contributed by atoms with van der Waals surface area (Å²) in [5.74, 6) is 1.61. The van der Waals surface area contributed by atoms with E-state index in [1.165, 1.54) is 0 Å². The summed E-state index contributed by atoms with van der Waals surface area (Å²) < 4.78 is 5.06. The first-order chi connectivity index (χ1) is 8.74. The van der Waals surface area contributed by atoms with Crippen molar-refractivity contribution in [1.29, 1.82) is 0 Å². The number of hydrogen-bond donors (Lipinski definition) is 0. The second-order valence-electron chi connectivity index (χ2n) is 5.28. The molecule has 18 heavy (non-hydrogen) atoms. The zero-order valence-electron chi connectivity index (χ0n) is 10.8. The van der Waals surface area contributed by atoms with Crippen LogP contribution in [-0.4, -0.2) is 47.0 Å². The van der Waals surface area contributed by atoms with Crippen molar-refractivity contribution < 1.29 is 9.32 Å². The molecule has 0 radical (unpaired) electrons. The summed E-state index contributed by atoms with van der Waals surface area (Å²) in [5.41, 5.74) is 1.15. The zero-order valence-corrected chi connectivity index (χ0v) is 10.8. The first-order valence-electron chi connectivity index (χ1n) is 6.65. The third kappa shape index (κ3) is 2.41. The van der Waals surface area contributed by atoms with E-state index in [1.807, 2.05) is 11.8 Å². The molecule has 0 unspecified atom stereocenters. The molecule has 0 N–H and O–H groups in total. The van der Waals surface area contributed by atoms with E-state index in [9.17, 15) is 4.79 Å². The van der Waals surface area contributed by atoms with Crippen LogP contribution in [0.4, 0.5) is 0 Å². The SMILES string of the molecule is Cc1oncc1CN1CCN(C(=O)C2CC2)CC1. The molecular formula is C13H19N3O2. The van der Waals surface area contributed by atoms with E-state index in [0.29, 0.717) is 11.8 Å². The Kier molecular flexibility index (Phi) is 3.07. The van der Waals surface area contributed by atoms with E-state index in [1.54, 1.807) is 6.20 Å². The highest BCUT2D eigenvalue weighted by Gasteiger charge is 2.34. The smallest absolute Gasteiger partial charge is 0.225 e. The van der Waals surface area contributed by atoms with Crippen LogP contribution in [0.3, 0.4) is 0 Å². The van der Waals surface area contributed by atoms with Gasteiger partial charge >= 0.3 is 0 Å². The fourth-order valence-electron chi connectivity index (χ4n) is 2.43. The normalized spacial score (nSPS) is 21.3. The number of rotatable bonds is 3. The quantitative estimate of drug-likeness (QED) is 0.803. The molecular weight excluding hydrogens is 230 g/mol. The maximum absolute atomic E-state index is 11.9. The molecule has 5 nitrogen and oxygen atoms in total. The number of aryl methyl sites for hydroxylation is 1. The van der Waals surface area contributed by atoms with Crippen LogP contribution in [0, 0.1) is 12.8 Å². The maximum atomic E-state index is 11.9. The summed E-state index contributed by atoms with van der Waals surface area (Å²) in [6, 6.07) is 0. The summed E-state index contributed by atoms with van der Waals surface area (Å²) in [4.78, 5) is 16.3. The highest BCUT2D eigenvalue weighted by Crippen LogP contribution is 2.31. The van der Waals surface area contributed by atoms with Gasteiger partial charge in [0.05, 0.1) is 6.20 Å². The summed E-state index contributed by atoms with van der Waals surface area (Å²) in [7, 11) is 0. The first-order valence-corrected chi connectivity index (χ1v) is 6.65. The van der Waals surface area contributed by atoms with Crippen LogP contribution in [0.25, 0.3) is 0 Å². The van der Waals surface area contributed by atoms with Crippen LogP contribution in [0.1, 0.15) is 24.2 Å². The van der Waals surface area contributed by atoms with Gasteiger partial charge in [-0.25, -0.2) is 0 Å². The van der Waals surface area contributed by atoms with E-state index in [2.05, 4.69) is 10.1 Å². The number of piperazine rings is 1. The molecule has 0 aromatic carbocycles. The standard InChI is InChI=1S/C13H19N3O2/c1-10-12(8-14-18-10)9-15-4-6-16(7-5-15)13(17)11-2-3-11/h8,11H,2-7,9H2,1H3. The van der Waals surface area contributed by atoms with Gasteiger partial charge in [0.15, 0.2) is 0 Å². The Balaban J connectivity index is 1.50. The largest absolute Gasteiger partial charge is 0.361 e. The molecule has 1 aliphatic heterocycles. The van der Waals surface area contributed by atoms with E-state index in [0.717, 1.165) is 56.9 Å². The molecule has 98 valence electrons. The lowest BCUT2D eigenvalue weighted by Crippen LogP contribution is -2.48. The second kappa shape index (κ2) is 4.72. The Morgan fingerprint density at radius 2 is 2.11 bits per heavy atom. The van der Waals surface area contributed by atoms with Crippen LogP contribution in [-0.2, 0) is 11.3 Å². The fourth-order valence-corrected chi connectivity index (χ4v) is 2.43. The van der Waals surface area contributed by atoms with Gasteiger partial charge in [0.25, 0.3) is 0 Å². The Hall–Kier alpha value is -1.36. The van der Waals surface area contributed by atoms with Crippen molar-refractivity contribution in [2.24, 2.45) is 5.92 Å². The molecule has 1 amide bonds. The van der Waals surface area contributed by atoms with Gasteiger partial charge in [-0.1, -0.05) is 5.16 Å². The predicted octanol–water partition coefficient (Wildman–Crippen LogP) is 1.04. The minimum Gasteiger partial charge on any atom is -0.361 e. The Morgan fingerprint density at radius 3 is 2.67 bits per heavy atom. The van der Waals surface area contributed by atoms with Crippen molar-refractivity contribution in [3.05, 3.63) is 17.5 Å². The number of nitrogens with zero attached hydrogens (tertiary/aromatic N) is 3. The maximum Gasteiger partial charge on any atom is 0.225 e. The van der Waals surface area contributed by atoms with Gasteiger partial charge in [-0.05, 0) is 19.8 Å². The van der Waals surface area contributed by atoms with E-state index < -0.39 is 0 Å². The highest BCUT2D eigenvalue weighted by molar-refractivity contribution is 5.81. The van der Waals surface area contributed by atoms with Crippen LogP contribution in [0.2, 0.25) is 0 Å². The number of carbonyl (C=O) groups excluding carboxylic acids is 1. The molecule has 5 heteroatoms. The Morgan fingerprint density at radius 1 is 1.39 bits per heavy atom. The molecule has 0 spiro atoms. The third-order valence-electron chi connectivity index (χ3n) is 3.85. The lowest BCUT2D eigenvalue weighted by molar-refractivity contribution is -0.134. The predicted molar refractivity (Wildman–Crippen MR) is 65.8 cm³/mol. The van der Waals surface area contributed by atoms with E-state index >= 15 is 0 Å². The molecule has 2 fully saturated rings. The van der Waals surface area contributed by atoms with Gasteiger partial charge in [-0.2, -0.15) is 0 Å². The van der Waals surface area contributed by atoms with Gasteiger partial charge in [0.1, 0.15) is 5.76 Å². The van der Waals surface area contributed by atoms with Crippen LogP contribution in [0.15, 0.2) is 10.7 Å². The van der Waals surface area contributed by atoms with Crippen LogP contribution in [0.5, 0.6) is 0 Å². The van der Waals surface area contributed by atoms with Crippen LogP contribution >= 0.6 is 0 Å². The van der Waals surface area contributed by atoms with Gasteiger partial charge in [0.2, 0.25) is 5.91 Å². The molecule has 3 rings (SSSR count). The monoisotopic (exact) mass is 249 g/mol. The van der Waals surface area contributed by atoms with Gasteiger partial charge in [0, 0.05) is 44.2 Å². The average molecular weight is 249 g/mol. The van der Waals surface area contributed by atoms with Crippen molar-refractivity contribution in [3.63, 3.8) is 0 Å². The molecule has 1 saturated carbocycles. The molecule has 1 aromatic rings.